The molecule has 0 bridgehead atoms. The van der Waals surface area contributed by atoms with Gasteiger partial charge in [-0.1, -0.05) is 32.4 Å². The maximum absolute atomic E-state index is 13.6. The van der Waals surface area contributed by atoms with Gasteiger partial charge < -0.3 is 14.8 Å². The molecule has 1 heterocycles. The molecule has 202 valence electrons. The second-order valence-electron chi connectivity index (χ2n) is 11.0. The van der Waals surface area contributed by atoms with Gasteiger partial charge in [-0.3, -0.25) is 4.79 Å². The van der Waals surface area contributed by atoms with Crippen molar-refractivity contribution in [3.05, 3.63) is 69.1 Å². The number of ether oxygens (including phenoxy) is 2. The summed E-state index contributed by atoms with van der Waals surface area (Å²) in [5, 5.41) is 4.41. The van der Waals surface area contributed by atoms with Crippen LogP contribution in [0.5, 0.6) is 11.5 Å². The molecule has 0 spiro atoms. The van der Waals surface area contributed by atoms with Gasteiger partial charge in [-0.2, -0.15) is 0 Å². The number of hydrogen-bond donors (Lipinski definition) is 1. The summed E-state index contributed by atoms with van der Waals surface area (Å²) >= 11 is 7.67. The number of benzene rings is 2. The lowest BCUT2D eigenvalue weighted by Crippen LogP contribution is -2.27. The maximum Gasteiger partial charge on any atom is 0.259 e. The predicted octanol–water partition coefficient (Wildman–Crippen LogP) is 8.74. The number of thiophene rings is 1. The van der Waals surface area contributed by atoms with Crippen LogP contribution in [-0.4, -0.2) is 24.8 Å². The summed E-state index contributed by atoms with van der Waals surface area (Å²) < 4.78 is 11.7. The highest BCUT2D eigenvalue weighted by atomic mass is 35.5. The summed E-state index contributed by atoms with van der Waals surface area (Å²) in [6, 6.07) is 13.0. The molecule has 0 aliphatic heterocycles. The number of fused-ring (bicyclic) bond motifs is 1. The number of aliphatic imine (C=N–C) groups is 1. The molecular formula is C31H37ClN2O3S. The molecule has 0 saturated carbocycles. The van der Waals surface area contributed by atoms with Crippen molar-refractivity contribution in [3.8, 4) is 11.5 Å². The molecule has 7 heteroatoms. The van der Waals surface area contributed by atoms with E-state index in [1.54, 1.807) is 29.7 Å². The van der Waals surface area contributed by atoms with Gasteiger partial charge in [0.05, 0.1) is 18.3 Å². The Hall–Kier alpha value is -2.83. The summed E-state index contributed by atoms with van der Waals surface area (Å²) in [7, 11) is 0. The lowest BCUT2D eigenvalue weighted by molar-refractivity contribution is 0.102. The molecule has 1 atom stereocenters. The van der Waals surface area contributed by atoms with Crippen molar-refractivity contribution >= 4 is 45.7 Å². The standard InChI is InChI=1S/C31H37ClN2O3S/c1-7-36-26-16-20(8-15-25(26)37-19(2)3)18-33-30-28(29(35)34-23-12-10-22(32)11-13-23)24-14-9-21(31(4,5)6)17-27(24)38-30/h8,10-13,15-16,18-19,21H,7,9,14,17H2,1-6H3,(H,34,35)/t21-/m0/s1. The summed E-state index contributed by atoms with van der Waals surface area (Å²) in [4.78, 5) is 19.7. The van der Waals surface area contributed by atoms with E-state index in [-0.39, 0.29) is 17.4 Å². The van der Waals surface area contributed by atoms with Crippen molar-refractivity contribution < 1.29 is 14.3 Å². The van der Waals surface area contributed by atoms with Crippen LogP contribution in [-0.2, 0) is 12.8 Å². The Labute approximate surface area is 235 Å². The number of amides is 1. The van der Waals surface area contributed by atoms with Crippen molar-refractivity contribution in [2.75, 3.05) is 11.9 Å². The van der Waals surface area contributed by atoms with Crippen LogP contribution in [0.4, 0.5) is 10.7 Å². The van der Waals surface area contributed by atoms with E-state index in [0.29, 0.717) is 40.3 Å². The molecule has 1 amide bonds. The number of anilines is 1. The lowest BCUT2D eigenvalue weighted by Gasteiger charge is -2.33. The van der Waals surface area contributed by atoms with Gasteiger partial charge in [-0.25, -0.2) is 4.99 Å². The van der Waals surface area contributed by atoms with Crippen LogP contribution in [0.15, 0.2) is 47.5 Å². The number of halogens is 1. The van der Waals surface area contributed by atoms with Gasteiger partial charge in [0.25, 0.3) is 5.91 Å². The minimum absolute atomic E-state index is 0.0461. The van der Waals surface area contributed by atoms with Gasteiger partial charge in [-0.05, 0) is 105 Å². The number of carbonyl (C=O) groups is 1. The van der Waals surface area contributed by atoms with E-state index in [1.807, 2.05) is 51.1 Å². The zero-order valence-corrected chi connectivity index (χ0v) is 24.6. The molecule has 0 unspecified atom stereocenters. The number of rotatable bonds is 8. The van der Waals surface area contributed by atoms with Crippen LogP contribution in [0.25, 0.3) is 0 Å². The monoisotopic (exact) mass is 552 g/mol. The first kappa shape index (κ1) is 28.2. The third-order valence-electron chi connectivity index (χ3n) is 6.76. The van der Waals surface area contributed by atoms with Crippen molar-refractivity contribution in [3.63, 3.8) is 0 Å². The summed E-state index contributed by atoms with van der Waals surface area (Å²) in [5.74, 6) is 1.83. The highest BCUT2D eigenvalue weighted by Gasteiger charge is 2.33. The fourth-order valence-electron chi connectivity index (χ4n) is 4.72. The maximum atomic E-state index is 13.6. The van der Waals surface area contributed by atoms with E-state index < -0.39 is 0 Å². The zero-order chi connectivity index (χ0) is 27.4. The van der Waals surface area contributed by atoms with Crippen molar-refractivity contribution in [1.29, 1.82) is 0 Å². The number of nitrogens with one attached hydrogen (secondary N) is 1. The van der Waals surface area contributed by atoms with E-state index in [1.165, 1.54) is 4.88 Å². The van der Waals surface area contributed by atoms with E-state index in [4.69, 9.17) is 26.1 Å². The fourth-order valence-corrected chi connectivity index (χ4v) is 6.11. The Bertz CT molecular complexity index is 1310. The third kappa shape index (κ3) is 6.78. The summed E-state index contributed by atoms with van der Waals surface area (Å²) in [6.45, 7) is 13.4. The average molecular weight is 553 g/mol. The molecule has 1 aliphatic carbocycles. The van der Waals surface area contributed by atoms with Gasteiger partial charge in [0, 0.05) is 21.8 Å². The normalized spacial score (nSPS) is 15.5. The first-order chi connectivity index (χ1) is 18.0. The van der Waals surface area contributed by atoms with Crippen LogP contribution in [0.3, 0.4) is 0 Å². The Morgan fingerprint density at radius 1 is 1.18 bits per heavy atom. The number of hydrogen-bond acceptors (Lipinski definition) is 5. The first-order valence-corrected chi connectivity index (χ1v) is 14.4. The largest absolute Gasteiger partial charge is 0.490 e. The van der Waals surface area contributed by atoms with Crippen LogP contribution < -0.4 is 14.8 Å². The van der Waals surface area contributed by atoms with Crippen LogP contribution in [0.1, 0.15) is 74.3 Å². The van der Waals surface area contributed by atoms with Crippen molar-refractivity contribution in [2.45, 2.75) is 66.9 Å². The molecule has 2 aromatic carbocycles. The molecule has 0 saturated heterocycles. The van der Waals surface area contributed by atoms with Gasteiger partial charge in [0.15, 0.2) is 11.5 Å². The highest BCUT2D eigenvalue weighted by Crippen LogP contribution is 2.45. The Balaban J connectivity index is 1.68. The number of carbonyl (C=O) groups excluding carboxylic acids is 1. The molecule has 1 aliphatic rings. The minimum atomic E-state index is -0.137. The van der Waals surface area contributed by atoms with E-state index >= 15 is 0 Å². The van der Waals surface area contributed by atoms with Gasteiger partial charge in [0.2, 0.25) is 0 Å². The summed E-state index contributed by atoms with van der Waals surface area (Å²) in [6.07, 6.45) is 4.76. The fraction of sp³-hybridized carbons (Fsp3) is 0.419. The predicted molar refractivity (Wildman–Crippen MR) is 159 cm³/mol. The topological polar surface area (TPSA) is 59.9 Å². The molecule has 1 N–H and O–H groups in total. The molecule has 0 fully saturated rings. The Morgan fingerprint density at radius 2 is 1.92 bits per heavy atom. The second-order valence-corrected chi connectivity index (χ2v) is 12.5. The zero-order valence-electron chi connectivity index (χ0n) is 23.1. The smallest absolute Gasteiger partial charge is 0.259 e. The molecule has 38 heavy (non-hydrogen) atoms. The van der Waals surface area contributed by atoms with E-state index in [2.05, 4.69) is 26.1 Å². The first-order valence-electron chi connectivity index (χ1n) is 13.2. The molecule has 0 radical (unpaired) electrons. The average Bonchev–Trinajstić information content (AvgIpc) is 3.22. The van der Waals surface area contributed by atoms with Gasteiger partial charge in [-0.15, -0.1) is 11.3 Å². The third-order valence-corrected chi connectivity index (χ3v) is 8.18. The molecular weight excluding hydrogens is 516 g/mol. The van der Waals surface area contributed by atoms with Crippen LogP contribution in [0, 0.1) is 11.3 Å². The van der Waals surface area contributed by atoms with Crippen LogP contribution >= 0.6 is 22.9 Å². The molecule has 4 rings (SSSR count). The number of nitrogens with zero attached hydrogens (tertiary/aromatic N) is 1. The van der Waals surface area contributed by atoms with Crippen LogP contribution in [0.2, 0.25) is 5.02 Å². The molecule has 1 aromatic heterocycles. The van der Waals surface area contributed by atoms with Crippen molar-refractivity contribution in [2.24, 2.45) is 16.3 Å². The minimum Gasteiger partial charge on any atom is -0.490 e. The van der Waals surface area contributed by atoms with Gasteiger partial charge in [0.1, 0.15) is 5.00 Å². The molecule has 5 nitrogen and oxygen atoms in total. The SMILES string of the molecule is CCOc1cc(C=Nc2sc3c(c2C(=O)Nc2ccc(Cl)cc2)CC[C@H](C(C)(C)C)C3)ccc1OC(C)C. The van der Waals surface area contributed by atoms with E-state index in [9.17, 15) is 4.79 Å². The van der Waals surface area contributed by atoms with E-state index in [0.717, 1.165) is 35.4 Å². The van der Waals surface area contributed by atoms with Gasteiger partial charge >= 0.3 is 0 Å². The van der Waals surface area contributed by atoms with Crippen molar-refractivity contribution in [1.82, 2.24) is 0 Å². The molecule has 3 aromatic rings. The quantitative estimate of drug-likeness (QED) is 0.284. The summed E-state index contributed by atoms with van der Waals surface area (Å²) in [5.41, 5.74) is 3.61. The Kier molecular flexibility index (Phi) is 8.84. The lowest BCUT2D eigenvalue weighted by atomic mass is 9.72. The Morgan fingerprint density at radius 3 is 2.58 bits per heavy atom. The highest BCUT2D eigenvalue weighted by molar-refractivity contribution is 7.16. The second kappa shape index (κ2) is 11.9.